The zero-order valence-corrected chi connectivity index (χ0v) is 20.7. The maximum absolute atomic E-state index is 13.8. The Morgan fingerprint density at radius 1 is 0.973 bits per heavy atom. The molecule has 0 N–H and O–H groups in total. The van der Waals surface area contributed by atoms with Crippen LogP contribution in [0.5, 0.6) is 0 Å². The van der Waals surface area contributed by atoms with E-state index in [0.29, 0.717) is 36.9 Å². The Kier molecular flexibility index (Phi) is 6.50. The summed E-state index contributed by atoms with van der Waals surface area (Å²) in [5.74, 6) is 2.09. The second kappa shape index (κ2) is 10.4. The number of hydrogen-bond donors (Lipinski definition) is 0. The van der Waals surface area contributed by atoms with Crippen molar-refractivity contribution in [2.75, 3.05) is 6.54 Å². The highest BCUT2D eigenvalue weighted by Gasteiger charge is 2.27. The van der Waals surface area contributed by atoms with Crippen LogP contribution < -0.4 is 0 Å². The zero-order valence-electron chi connectivity index (χ0n) is 20.7. The van der Waals surface area contributed by atoms with Crippen LogP contribution in [0.4, 0.5) is 0 Å². The summed E-state index contributed by atoms with van der Waals surface area (Å²) in [7, 11) is 0. The number of carbonyl (C=O) groups excluding carboxylic acids is 1. The van der Waals surface area contributed by atoms with Crippen LogP contribution in [0.1, 0.15) is 31.2 Å². The molecule has 1 fully saturated rings. The SMILES string of the molecule is O=C(Cc1cccc2ccccc12)N(CCn1nc(-c2ccncc2)nc1-c1ccco1)C1CCCC1. The molecule has 0 atom stereocenters. The molecule has 0 bridgehead atoms. The fraction of sp³-hybridized carbons (Fsp3) is 0.267. The number of amides is 1. The summed E-state index contributed by atoms with van der Waals surface area (Å²) in [6.45, 7) is 1.10. The maximum Gasteiger partial charge on any atom is 0.227 e. The average molecular weight is 492 g/mol. The van der Waals surface area contributed by atoms with Gasteiger partial charge in [-0.1, -0.05) is 55.3 Å². The van der Waals surface area contributed by atoms with Crippen LogP contribution in [-0.2, 0) is 17.8 Å². The summed E-state index contributed by atoms with van der Waals surface area (Å²) in [5.41, 5.74) is 1.96. The first kappa shape index (κ1) is 23.2. The third-order valence-corrected chi connectivity index (χ3v) is 7.21. The molecule has 5 aromatic rings. The summed E-state index contributed by atoms with van der Waals surface area (Å²) in [6, 6.07) is 22.3. The van der Waals surface area contributed by atoms with Crippen molar-refractivity contribution in [3.63, 3.8) is 0 Å². The third-order valence-electron chi connectivity index (χ3n) is 7.21. The predicted molar refractivity (Wildman–Crippen MR) is 143 cm³/mol. The van der Waals surface area contributed by atoms with Crippen molar-refractivity contribution >= 4 is 16.7 Å². The Morgan fingerprint density at radius 3 is 2.59 bits per heavy atom. The molecule has 1 saturated carbocycles. The Labute approximate surface area is 215 Å². The van der Waals surface area contributed by atoms with Crippen molar-refractivity contribution in [2.45, 2.75) is 44.7 Å². The van der Waals surface area contributed by atoms with E-state index < -0.39 is 0 Å². The molecule has 3 aromatic heterocycles. The summed E-state index contributed by atoms with van der Waals surface area (Å²) in [6.07, 6.45) is 9.91. The number of hydrogen-bond acceptors (Lipinski definition) is 5. The van der Waals surface area contributed by atoms with Crippen LogP contribution in [0.15, 0.2) is 89.8 Å². The van der Waals surface area contributed by atoms with Gasteiger partial charge in [0, 0.05) is 30.5 Å². The van der Waals surface area contributed by atoms with Gasteiger partial charge in [0.1, 0.15) is 0 Å². The molecule has 7 heteroatoms. The predicted octanol–water partition coefficient (Wildman–Crippen LogP) is 5.77. The zero-order chi connectivity index (χ0) is 25.0. The van der Waals surface area contributed by atoms with Crippen molar-refractivity contribution in [1.82, 2.24) is 24.6 Å². The van der Waals surface area contributed by atoms with E-state index in [4.69, 9.17) is 14.5 Å². The first-order valence-corrected chi connectivity index (χ1v) is 12.9. The van der Waals surface area contributed by atoms with Crippen LogP contribution in [0.2, 0.25) is 0 Å². The van der Waals surface area contributed by atoms with Crippen molar-refractivity contribution < 1.29 is 9.21 Å². The summed E-state index contributed by atoms with van der Waals surface area (Å²) >= 11 is 0. The standard InChI is InChI=1S/C30H29N5O2/c36-28(21-24-9-5-8-22-7-1-4-12-26(22)24)34(25-10-2-3-11-25)18-19-35-30(27-13-6-20-37-27)32-29(33-35)23-14-16-31-17-15-23/h1,4-9,12-17,20,25H,2-3,10-11,18-19,21H2. The number of carbonyl (C=O) groups is 1. The lowest BCUT2D eigenvalue weighted by Gasteiger charge is -2.29. The molecule has 37 heavy (non-hydrogen) atoms. The molecule has 1 aliphatic rings. The topological polar surface area (TPSA) is 77.1 Å². The molecule has 7 nitrogen and oxygen atoms in total. The lowest BCUT2D eigenvalue weighted by molar-refractivity contribution is -0.132. The Balaban J connectivity index is 1.27. The van der Waals surface area contributed by atoms with Gasteiger partial charge >= 0.3 is 0 Å². The van der Waals surface area contributed by atoms with Gasteiger partial charge in [0.25, 0.3) is 0 Å². The van der Waals surface area contributed by atoms with Gasteiger partial charge in [0.05, 0.1) is 19.2 Å². The first-order valence-electron chi connectivity index (χ1n) is 12.9. The minimum absolute atomic E-state index is 0.164. The molecule has 3 heterocycles. The molecule has 186 valence electrons. The Morgan fingerprint density at radius 2 is 1.78 bits per heavy atom. The number of aromatic nitrogens is 4. The summed E-state index contributed by atoms with van der Waals surface area (Å²) in [4.78, 5) is 24.7. The highest BCUT2D eigenvalue weighted by atomic mass is 16.3. The fourth-order valence-corrected chi connectivity index (χ4v) is 5.35. The largest absolute Gasteiger partial charge is 0.461 e. The second-order valence-corrected chi connectivity index (χ2v) is 9.54. The van der Waals surface area contributed by atoms with Gasteiger partial charge in [0.15, 0.2) is 17.4 Å². The molecular weight excluding hydrogens is 462 g/mol. The Hall–Kier alpha value is -4.26. The highest BCUT2D eigenvalue weighted by molar-refractivity contribution is 5.90. The average Bonchev–Trinajstić information content (AvgIpc) is 3.72. The summed E-state index contributed by atoms with van der Waals surface area (Å²) in [5, 5.41) is 7.10. The number of furan rings is 1. The molecule has 1 aliphatic carbocycles. The van der Waals surface area contributed by atoms with Gasteiger partial charge < -0.3 is 9.32 Å². The van der Waals surface area contributed by atoms with E-state index in [9.17, 15) is 4.79 Å². The molecule has 0 spiro atoms. The molecule has 0 radical (unpaired) electrons. The van der Waals surface area contributed by atoms with Crippen LogP contribution in [-0.4, -0.2) is 43.1 Å². The monoisotopic (exact) mass is 491 g/mol. The van der Waals surface area contributed by atoms with Gasteiger partial charge in [-0.2, -0.15) is 5.10 Å². The van der Waals surface area contributed by atoms with Crippen LogP contribution in [0, 0.1) is 0 Å². The van der Waals surface area contributed by atoms with E-state index >= 15 is 0 Å². The van der Waals surface area contributed by atoms with E-state index in [1.807, 2.05) is 47.1 Å². The van der Waals surface area contributed by atoms with Crippen molar-refractivity contribution in [3.8, 4) is 23.0 Å². The first-order chi connectivity index (χ1) is 18.3. The van der Waals surface area contributed by atoms with Crippen LogP contribution in [0.25, 0.3) is 33.7 Å². The molecule has 2 aromatic carbocycles. The smallest absolute Gasteiger partial charge is 0.227 e. The molecule has 0 unspecified atom stereocenters. The quantitative estimate of drug-likeness (QED) is 0.276. The second-order valence-electron chi connectivity index (χ2n) is 9.54. The van der Waals surface area contributed by atoms with Crippen molar-refractivity contribution in [1.29, 1.82) is 0 Å². The molecule has 6 rings (SSSR count). The van der Waals surface area contributed by atoms with Gasteiger partial charge in [-0.25, -0.2) is 9.67 Å². The lowest BCUT2D eigenvalue weighted by atomic mass is 10.0. The third kappa shape index (κ3) is 4.89. The molecule has 1 amide bonds. The van der Waals surface area contributed by atoms with Gasteiger partial charge in [-0.15, -0.1) is 0 Å². The van der Waals surface area contributed by atoms with E-state index in [1.165, 1.54) is 0 Å². The normalized spacial score (nSPS) is 13.8. The van der Waals surface area contributed by atoms with E-state index in [-0.39, 0.29) is 11.9 Å². The van der Waals surface area contributed by atoms with Crippen LogP contribution in [0.3, 0.4) is 0 Å². The summed E-state index contributed by atoms with van der Waals surface area (Å²) < 4.78 is 7.53. The van der Waals surface area contributed by atoms with E-state index in [0.717, 1.165) is 47.6 Å². The van der Waals surface area contributed by atoms with E-state index in [2.05, 4.69) is 34.1 Å². The van der Waals surface area contributed by atoms with Crippen molar-refractivity contribution in [2.24, 2.45) is 0 Å². The number of fused-ring (bicyclic) bond motifs is 1. The maximum atomic E-state index is 13.8. The van der Waals surface area contributed by atoms with Gasteiger partial charge in [-0.3, -0.25) is 9.78 Å². The van der Waals surface area contributed by atoms with Gasteiger partial charge in [-0.05, 0) is 53.4 Å². The molecule has 0 aliphatic heterocycles. The van der Waals surface area contributed by atoms with Crippen LogP contribution >= 0.6 is 0 Å². The molecule has 0 saturated heterocycles. The number of benzene rings is 2. The molecular formula is C30H29N5O2. The minimum Gasteiger partial charge on any atom is -0.461 e. The van der Waals surface area contributed by atoms with Crippen molar-refractivity contribution in [3.05, 3.63) is 91.0 Å². The van der Waals surface area contributed by atoms with E-state index in [1.54, 1.807) is 18.7 Å². The van der Waals surface area contributed by atoms with Gasteiger partial charge in [0.2, 0.25) is 5.91 Å². The number of nitrogens with zero attached hydrogens (tertiary/aromatic N) is 5. The number of pyridine rings is 1. The highest BCUT2D eigenvalue weighted by Crippen LogP contribution is 2.27. The lowest BCUT2D eigenvalue weighted by Crippen LogP contribution is -2.42. The minimum atomic E-state index is 0.164. The number of rotatable bonds is 8. The fourth-order valence-electron chi connectivity index (χ4n) is 5.35. The Bertz CT molecular complexity index is 1480.